The number of hydrogen-bond acceptors (Lipinski definition) is 5. The minimum atomic E-state index is -0.427. The van der Waals surface area contributed by atoms with Crippen LogP contribution in [-0.4, -0.2) is 4.92 Å². The summed E-state index contributed by atoms with van der Waals surface area (Å²) < 4.78 is 5.30. The molecule has 6 nitrogen and oxygen atoms in total. The normalized spacial score (nSPS) is 10.8. The van der Waals surface area contributed by atoms with Gasteiger partial charge in [-0.25, -0.2) is 4.79 Å². The topological polar surface area (TPSA) is 85.4 Å². The van der Waals surface area contributed by atoms with Crippen molar-refractivity contribution in [3.05, 3.63) is 79.7 Å². The molecule has 25 heavy (non-hydrogen) atoms. The van der Waals surface area contributed by atoms with Crippen molar-refractivity contribution in [1.82, 2.24) is 0 Å². The average molecular weight is 338 g/mol. The number of non-ortho nitro benzene ring substituents is 1. The second kappa shape index (κ2) is 6.76. The van der Waals surface area contributed by atoms with Crippen molar-refractivity contribution < 1.29 is 9.34 Å². The Bertz CT molecular complexity index is 1010. The van der Waals surface area contributed by atoms with E-state index in [1.165, 1.54) is 18.2 Å². The number of benzene rings is 2. The van der Waals surface area contributed by atoms with Gasteiger partial charge >= 0.3 is 5.63 Å². The number of anilines is 1. The molecule has 1 aromatic heterocycles. The van der Waals surface area contributed by atoms with Crippen LogP contribution in [0.3, 0.4) is 0 Å². The van der Waals surface area contributed by atoms with Gasteiger partial charge in [0.05, 0.1) is 4.92 Å². The van der Waals surface area contributed by atoms with E-state index in [4.69, 9.17) is 4.42 Å². The predicted octanol–water partition coefficient (Wildman–Crippen LogP) is 4.18. The first kappa shape index (κ1) is 16.7. The average Bonchev–Trinajstić information content (AvgIpc) is 2.59. The molecule has 0 saturated heterocycles. The Kier molecular flexibility index (Phi) is 4.52. The predicted molar refractivity (Wildman–Crippen MR) is 97.0 cm³/mol. The molecule has 0 aliphatic heterocycles. The molecule has 0 unspecified atom stereocenters. The van der Waals surface area contributed by atoms with Crippen molar-refractivity contribution in [3.8, 4) is 0 Å². The molecule has 2 aromatic carbocycles. The second-order valence-corrected chi connectivity index (χ2v) is 5.88. The molecule has 6 heteroatoms. The summed E-state index contributed by atoms with van der Waals surface area (Å²) in [6.45, 7) is 4.28. The maximum atomic E-state index is 11.8. The van der Waals surface area contributed by atoms with Crippen LogP contribution < -0.4 is 10.9 Å². The van der Waals surface area contributed by atoms with E-state index in [-0.39, 0.29) is 5.69 Å². The van der Waals surface area contributed by atoms with Gasteiger partial charge in [0, 0.05) is 35.8 Å². The lowest BCUT2D eigenvalue weighted by molar-refractivity contribution is -0.384. The van der Waals surface area contributed by atoms with E-state index in [0.29, 0.717) is 17.8 Å². The molecule has 1 heterocycles. The van der Waals surface area contributed by atoms with Crippen LogP contribution in [0.1, 0.15) is 23.6 Å². The maximum absolute atomic E-state index is 11.8. The highest BCUT2D eigenvalue weighted by atomic mass is 16.6. The van der Waals surface area contributed by atoms with Gasteiger partial charge in [-0.1, -0.05) is 25.1 Å². The Morgan fingerprint density at radius 3 is 2.68 bits per heavy atom. The summed E-state index contributed by atoms with van der Waals surface area (Å²) in [6.07, 6.45) is 0.856. The van der Waals surface area contributed by atoms with Crippen LogP contribution in [0.15, 0.2) is 51.7 Å². The number of hydrogen-bond donors (Lipinski definition) is 1. The van der Waals surface area contributed by atoms with Crippen molar-refractivity contribution in [1.29, 1.82) is 0 Å². The van der Waals surface area contributed by atoms with E-state index in [1.807, 2.05) is 32.0 Å². The van der Waals surface area contributed by atoms with Gasteiger partial charge in [-0.05, 0) is 36.1 Å². The molecule has 3 rings (SSSR count). The zero-order valence-corrected chi connectivity index (χ0v) is 14.0. The lowest BCUT2D eigenvalue weighted by Crippen LogP contribution is -2.07. The fourth-order valence-electron chi connectivity index (χ4n) is 2.74. The first-order valence-electron chi connectivity index (χ1n) is 8.02. The Hall–Kier alpha value is -3.15. The molecule has 0 amide bonds. The lowest BCUT2D eigenvalue weighted by atomic mass is 10.1. The largest absolute Gasteiger partial charge is 0.423 e. The van der Waals surface area contributed by atoms with E-state index in [1.54, 1.807) is 6.07 Å². The Labute approximate surface area is 144 Å². The second-order valence-electron chi connectivity index (χ2n) is 5.88. The van der Waals surface area contributed by atoms with Crippen LogP contribution in [0.2, 0.25) is 0 Å². The van der Waals surface area contributed by atoms with Crippen LogP contribution in [0, 0.1) is 17.0 Å². The van der Waals surface area contributed by atoms with Crippen molar-refractivity contribution >= 4 is 22.3 Å². The maximum Gasteiger partial charge on any atom is 0.336 e. The zero-order valence-electron chi connectivity index (χ0n) is 14.0. The molecule has 0 radical (unpaired) electrons. The quantitative estimate of drug-likeness (QED) is 0.428. The third-order valence-corrected chi connectivity index (χ3v) is 4.20. The fourth-order valence-corrected chi connectivity index (χ4v) is 2.74. The van der Waals surface area contributed by atoms with Crippen LogP contribution in [-0.2, 0) is 13.0 Å². The van der Waals surface area contributed by atoms with Gasteiger partial charge in [0.1, 0.15) is 5.58 Å². The summed E-state index contributed by atoms with van der Waals surface area (Å²) in [5.74, 6) is 0. The number of fused-ring (bicyclic) bond motifs is 1. The molecular weight excluding hydrogens is 320 g/mol. The third kappa shape index (κ3) is 3.52. The molecule has 0 spiro atoms. The van der Waals surface area contributed by atoms with Crippen LogP contribution in [0.25, 0.3) is 11.0 Å². The van der Waals surface area contributed by atoms with Gasteiger partial charge in [-0.3, -0.25) is 10.1 Å². The monoisotopic (exact) mass is 338 g/mol. The SMILES string of the molecule is CCc1ccc2c(CNc3cc([N+](=O)[O-])ccc3C)cc(=O)oc2c1. The molecule has 3 aromatic rings. The fraction of sp³-hybridized carbons (Fsp3) is 0.211. The number of rotatable bonds is 5. The van der Waals surface area contributed by atoms with E-state index in [2.05, 4.69) is 5.32 Å². The van der Waals surface area contributed by atoms with E-state index >= 15 is 0 Å². The van der Waals surface area contributed by atoms with Crippen molar-refractivity contribution in [2.24, 2.45) is 0 Å². The molecule has 0 atom stereocenters. The zero-order chi connectivity index (χ0) is 18.0. The van der Waals surface area contributed by atoms with Gasteiger partial charge in [-0.2, -0.15) is 0 Å². The number of nitrogens with zero attached hydrogens (tertiary/aromatic N) is 1. The Morgan fingerprint density at radius 1 is 1.16 bits per heavy atom. The lowest BCUT2D eigenvalue weighted by Gasteiger charge is -2.11. The van der Waals surface area contributed by atoms with Crippen molar-refractivity contribution in [3.63, 3.8) is 0 Å². The van der Waals surface area contributed by atoms with Gasteiger partial charge in [0.15, 0.2) is 0 Å². The minimum absolute atomic E-state index is 0.0260. The van der Waals surface area contributed by atoms with Crippen LogP contribution in [0.5, 0.6) is 0 Å². The third-order valence-electron chi connectivity index (χ3n) is 4.20. The number of nitro groups is 1. The van der Waals surface area contributed by atoms with Crippen LogP contribution in [0.4, 0.5) is 11.4 Å². The Balaban J connectivity index is 1.95. The summed E-state index contributed by atoms with van der Waals surface area (Å²) in [6, 6.07) is 11.9. The first-order chi connectivity index (χ1) is 12.0. The number of aryl methyl sites for hydroxylation is 2. The van der Waals surface area contributed by atoms with Crippen LogP contribution >= 0.6 is 0 Å². The Morgan fingerprint density at radius 2 is 1.96 bits per heavy atom. The highest BCUT2D eigenvalue weighted by Crippen LogP contribution is 2.24. The molecule has 0 bridgehead atoms. The summed E-state index contributed by atoms with van der Waals surface area (Å²) in [7, 11) is 0. The molecule has 0 saturated carbocycles. The van der Waals surface area contributed by atoms with Crippen molar-refractivity contribution in [2.75, 3.05) is 5.32 Å². The summed E-state index contributed by atoms with van der Waals surface area (Å²) in [5, 5.41) is 15.0. The van der Waals surface area contributed by atoms with E-state index in [0.717, 1.165) is 28.5 Å². The molecule has 0 aliphatic rings. The van der Waals surface area contributed by atoms with Crippen molar-refractivity contribution in [2.45, 2.75) is 26.8 Å². The summed E-state index contributed by atoms with van der Waals surface area (Å²) in [4.78, 5) is 22.4. The molecular formula is C19H18N2O4. The first-order valence-corrected chi connectivity index (χ1v) is 8.02. The summed E-state index contributed by atoms with van der Waals surface area (Å²) >= 11 is 0. The van der Waals surface area contributed by atoms with Gasteiger partial charge in [-0.15, -0.1) is 0 Å². The minimum Gasteiger partial charge on any atom is -0.423 e. The molecule has 1 N–H and O–H groups in total. The highest BCUT2D eigenvalue weighted by molar-refractivity contribution is 5.81. The van der Waals surface area contributed by atoms with Gasteiger partial charge in [0.2, 0.25) is 0 Å². The molecule has 0 aliphatic carbocycles. The van der Waals surface area contributed by atoms with Gasteiger partial charge in [0.25, 0.3) is 5.69 Å². The number of nitrogens with one attached hydrogen (secondary N) is 1. The van der Waals surface area contributed by atoms with E-state index in [9.17, 15) is 14.9 Å². The summed E-state index contributed by atoms with van der Waals surface area (Å²) in [5.41, 5.74) is 3.62. The number of nitro benzene ring substituents is 1. The van der Waals surface area contributed by atoms with E-state index < -0.39 is 10.5 Å². The smallest absolute Gasteiger partial charge is 0.336 e. The molecule has 128 valence electrons. The molecule has 0 fully saturated rings. The highest BCUT2D eigenvalue weighted by Gasteiger charge is 2.10. The van der Waals surface area contributed by atoms with Gasteiger partial charge < -0.3 is 9.73 Å². The standard InChI is InChI=1S/C19H18N2O4/c1-3-13-5-7-16-14(9-19(22)25-18(16)8-13)11-20-17-10-15(21(23)24)6-4-12(17)2/h4-10,20H,3,11H2,1-2H3.